The molecule has 3 rings (SSSR count). The molecule has 1 aliphatic rings. The Balaban J connectivity index is 1.38. The van der Waals surface area contributed by atoms with Crippen molar-refractivity contribution in [3.8, 4) is 5.75 Å². The number of nitrogens with one attached hydrogen (secondary N) is 1. The van der Waals surface area contributed by atoms with Crippen LogP contribution in [0.5, 0.6) is 5.75 Å². The molecule has 0 saturated heterocycles. The number of aromatic nitrogens is 1. The lowest BCUT2D eigenvalue weighted by molar-refractivity contribution is -0.123. The highest BCUT2D eigenvalue weighted by atomic mass is 16.5. The van der Waals surface area contributed by atoms with Gasteiger partial charge in [-0.3, -0.25) is 14.7 Å². The summed E-state index contributed by atoms with van der Waals surface area (Å²) in [5.74, 6) is 0.271. The third-order valence-electron chi connectivity index (χ3n) is 4.80. The number of ether oxygens (including phenoxy) is 1. The molecule has 0 fully saturated rings. The normalized spacial score (nSPS) is 14.8. The van der Waals surface area contributed by atoms with Crippen LogP contribution >= 0.6 is 0 Å². The van der Waals surface area contributed by atoms with Crippen molar-refractivity contribution in [2.75, 3.05) is 45.2 Å². The molecule has 1 aliphatic heterocycles. The van der Waals surface area contributed by atoms with E-state index in [1.54, 1.807) is 12.4 Å². The highest BCUT2D eigenvalue weighted by molar-refractivity contribution is 5.77. The molecule has 1 unspecified atom stereocenters. The number of anilines is 1. The van der Waals surface area contributed by atoms with E-state index in [0.717, 1.165) is 25.2 Å². The van der Waals surface area contributed by atoms with Gasteiger partial charge in [0.2, 0.25) is 0 Å². The number of β-amino-alcohol motifs (C(OH)–C–C–N with tert-alkyl or cyclic N) is 1. The Morgan fingerprint density at radius 2 is 2.11 bits per heavy atom. The van der Waals surface area contributed by atoms with Gasteiger partial charge >= 0.3 is 0 Å². The average Bonchev–Trinajstić information content (AvgIpc) is 2.71. The summed E-state index contributed by atoms with van der Waals surface area (Å²) in [5.41, 5.74) is 3.59. The smallest absolute Gasteiger partial charge is 0.258 e. The van der Waals surface area contributed by atoms with Crippen molar-refractivity contribution < 1.29 is 14.6 Å². The Bertz CT molecular complexity index is 797. The lowest BCUT2D eigenvalue weighted by atomic mass is 10.00. The first kappa shape index (κ1) is 20.1. The van der Waals surface area contributed by atoms with Crippen molar-refractivity contribution >= 4 is 11.6 Å². The topological polar surface area (TPSA) is 77.9 Å². The van der Waals surface area contributed by atoms with Crippen LogP contribution in [0.1, 0.15) is 11.1 Å². The van der Waals surface area contributed by atoms with E-state index in [4.69, 9.17) is 4.74 Å². The second-order valence-electron chi connectivity index (χ2n) is 7.27. The number of pyridine rings is 1. The second kappa shape index (κ2) is 9.52. The van der Waals surface area contributed by atoms with E-state index in [0.29, 0.717) is 12.3 Å². The number of fused-ring (bicyclic) bond motifs is 1. The number of carbonyl (C=O) groups excluding carboxylic acids is 1. The van der Waals surface area contributed by atoms with Gasteiger partial charge in [0.05, 0.1) is 24.2 Å². The maximum Gasteiger partial charge on any atom is 0.258 e. The lowest BCUT2D eigenvalue weighted by Crippen LogP contribution is -2.42. The minimum Gasteiger partial charge on any atom is -0.482 e. The van der Waals surface area contributed by atoms with Crippen molar-refractivity contribution in [2.45, 2.75) is 19.1 Å². The Labute approximate surface area is 165 Å². The molecule has 7 nitrogen and oxygen atoms in total. The number of aliphatic hydroxyl groups is 1. The van der Waals surface area contributed by atoms with Gasteiger partial charge in [-0.2, -0.15) is 0 Å². The summed E-state index contributed by atoms with van der Waals surface area (Å²) in [5, 5.41) is 13.0. The predicted molar refractivity (Wildman–Crippen MR) is 108 cm³/mol. The van der Waals surface area contributed by atoms with Crippen LogP contribution < -0.4 is 15.0 Å². The van der Waals surface area contributed by atoms with Gasteiger partial charge < -0.3 is 20.1 Å². The van der Waals surface area contributed by atoms with Crippen LogP contribution in [0.15, 0.2) is 42.7 Å². The van der Waals surface area contributed by atoms with Crippen LogP contribution in [-0.2, 0) is 17.8 Å². The zero-order valence-electron chi connectivity index (χ0n) is 16.5. The molecule has 28 heavy (non-hydrogen) atoms. The van der Waals surface area contributed by atoms with Crippen LogP contribution in [0.4, 0.5) is 5.69 Å². The molecule has 1 amide bonds. The number of carbonyl (C=O) groups is 1. The SMILES string of the molecule is CN(C)c1cncc(OCC(=O)NCC(O)CN2CCc3ccccc3C2)c1. The molecule has 2 N–H and O–H groups in total. The van der Waals surface area contributed by atoms with Crippen molar-refractivity contribution in [3.05, 3.63) is 53.9 Å². The third-order valence-corrected chi connectivity index (χ3v) is 4.80. The van der Waals surface area contributed by atoms with Gasteiger partial charge in [0.25, 0.3) is 5.91 Å². The molecule has 7 heteroatoms. The largest absolute Gasteiger partial charge is 0.482 e. The van der Waals surface area contributed by atoms with E-state index in [1.165, 1.54) is 11.1 Å². The van der Waals surface area contributed by atoms with Gasteiger partial charge in [0.1, 0.15) is 5.75 Å². The van der Waals surface area contributed by atoms with Crippen LogP contribution in [0, 0.1) is 0 Å². The van der Waals surface area contributed by atoms with Crippen molar-refractivity contribution in [1.82, 2.24) is 15.2 Å². The zero-order valence-corrected chi connectivity index (χ0v) is 16.5. The first-order valence-electron chi connectivity index (χ1n) is 9.50. The van der Waals surface area contributed by atoms with Crippen LogP contribution in [0.3, 0.4) is 0 Å². The quantitative estimate of drug-likeness (QED) is 0.709. The van der Waals surface area contributed by atoms with Crippen LogP contribution in [0.2, 0.25) is 0 Å². The molecule has 1 aromatic heterocycles. The van der Waals surface area contributed by atoms with E-state index >= 15 is 0 Å². The Morgan fingerprint density at radius 1 is 1.32 bits per heavy atom. The summed E-state index contributed by atoms with van der Waals surface area (Å²) >= 11 is 0. The number of rotatable bonds is 8. The van der Waals surface area contributed by atoms with Gasteiger partial charge in [-0.1, -0.05) is 24.3 Å². The maximum absolute atomic E-state index is 12.0. The highest BCUT2D eigenvalue weighted by Gasteiger charge is 2.18. The fourth-order valence-corrected chi connectivity index (χ4v) is 3.24. The fraction of sp³-hybridized carbons (Fsp3) is 0.429. The molecular formula is C21H28N4O3. The van der Waals surface area contributed by atoms with Crippen molar-refractivity contribution in [2.24, 2.45) is 0 Å². The number of nitrogens with zero attached hydrogens (tertiary/aromatic N) is 3. The molecule has 1 aromatic carbocycles. The van der Waals surface area contributed by atoms with E-state index in [-0.39, 0.29) is 19.1 Å². The number of amides is 1. The van der Waals surface area contributed by atoms with Gasteiger partial charge in [-0.25, -0.2) is 0 Å². The van der Waals surface area contributed by atoms with Crippen LogP contribution in [-0.4, -0.2) is 67.3 Å². The molecular weight excluding hydrogens is 356 g/mol. The molecule has 150 valence electrons. The third kappa shape index (κ3) is 5.68. The molecule has 2 heterocycles. The van der Waals surface area contributed by atoms with Gasteiger partial charge in [-0.05, 0) is 17.5 Å². The van der Waals surface area contributed by atoms with E-state index in [2.05, 4.69) is 33.4 Å². The van der Waals surface area contributed by atoms with Gasteiger partial charge in [0.15, 0.2) is 6.61 Å². The van der Waals surface area contributed by atoms with Crippen LogP contribution in [0.25, 0.3) is 0 Å². The monoisotopic (exact) mass is 384 g/mol. The first-order valence-corrected chi connectivity index (χ1v) is 9.50. The Morgan fingerprint density at radius 3 is 2.89 bits per heavy atom. The van der Waals surface area contributed by atoms with Gasteiger partial charge in [-0.15, -0.1) is 0 Å². The molecule has 1 atom stereocenters. The number of hydrogen-bond donors (Lipinski definition) is 2. The van der Waals surface area contributed by atoms with Crippen molar-refractivity contribution in [1.29, 1.82) is 0 Å². The minimum absolute atomic E-state index is 0.109. The van der Waals surface area contributed by atoms with Gasteiger partial charge in [0, 0.05) is 46.3 Å². The van der Waals surface area contributed by atoms with Crippen molar-refractivity contribution in [3.63, 3.8) is 0 Å². The summed E-state index contributed by atoms with van der Waals surface area (Å²) < 4.78 is 5.49. The summed E-state index contributed by atoms with van der Waals surface area (Å²) in [6.07, 6.45) is 3.67. The number of aliphatic hydroxyl groups excluding tert-OH is 1. The Hall–Kier alpha value is -2.64. The Kier molecular flexibility index (Phi) is 6.84. The molecule has 0 bridgehead atoms. The predicted octanol–water partition coefficient (Wildman–Crippen LogP) is 1.06. The van der Waals surface area contributed by atoms with E-state index in [1.807, 2.05) is 31.1 Å². The molecule has 2 aromatic rings. The summed E-state index contributed by atoms with van der Waals surface area (Å²) in [6, 6.07) is 10.2. The van der Waals surface area contributed by atoms with E-state index in [9.17, 15) is 9.90 Å². The molecule has 0 saturated carbocycles. The second-order valence-corrected chi connectivity index (χ2v) is 7.27. The zero-order chi connectivity index (χ0) is 19.9. The summed E-state index contributed by atoms with van der Waals surface area (Å²) in [7, 11) is 3.83. The number of benzene rings is 1. The molecule has 0 radical (unpaired) electrons. The fourth-order valence-electron chi connectivity index (χ4n) is 3.24. The molecule has 0 spiro atoms. The lowest BCUT2D eigenvalue weighted by Gasteiger charge is -2.30. The molecule has 0 aliphatic carbocycles. The minimum atomic E-state index is -0.618. The first-order chi connectivity index (χ1) is 13.5. The maximum atomic E-state index is 12.0. The summed E-state index contributed by atoms with van der Waals surface area (Å²) in [4.78, 5) is 20.2. The highest BCUT2D eigenvalue weighted by Crippen LogP contribution is 2.18. The summed E-state index contributed by atoms with van der Waals surface area (Å²) in [6.45, 7) is 2.38. The average molecular weight is 384 g/mol. The standard InChI is InChI=1S/C21H28N4O3/c1-24(2)18-9-20(12-22-10-18)28-15-21(27)23-11-19(26)14-25-8-7-16-5-3-4-6-17(16)13-25/h3-6,9-10,12,19,26H,7-8,11,13-15H2,1-2H3,(H,23,27). The number of hydrogen-bond acceptors (Lipinski definition) is 6. The van der Waals surface area contributed by atoms with E-state index < -0.39 is 6.10 Å².